The van der Waals surface area contributed by atoms with Gasteiger partial charge in [0.25, 0.3) is 0 Å². The molecule has 5 aliphatic heterocycles. The molecular weight excluding hydrogens is 791 g/mol. The summed E-state index contributed by atoms with van der Waals surface area (Å²) < 4.78 is 101. The number of halogens is 5. The molecule has 0 radical (unpaired) electrons. The first-order valence-electron chi connectivity index (χ1n) is 20.2. The fourth-order valence-corrected chi connectivity index (χ4v) is 10.2. The number of carbonyl (C=O) groups is 1. The molecule has 2 aromatic heterocycles. The molecule has 1 unspecified atom stereocenters. The molecule has 4 fully saturated rings. The smallest absolute Gasteiger partial charge is 0.468 e. The van der Waals surface area contributed by atoms with E-state index in [1.165, 1.54) is 25.3 Å². The number of benzene rings is 2. The SMILES string of the molecule is C#Cc1c(F)ccc2cc(OCOC)cc(-c3nc4c5c(nc(OCC67CCCN6C[C@@H](OC(F)(F)F)C7)nc5c3F)N3C[C@H]5CC[C@@H]([C@H]3CC4)N5C(=O)OC(C)(C)C)c12. The van der Waals surface area contributed by atoms with Crippen molar-refractivity contribution in [3.8, 4) is 35.4 Å². The molecular formula is C43H45F5N6O6. The average molecular weight is 837 g/mol. The van der Waals surface area contributed by atoms with Crippen molar-refractivity contribution < 1.29 is 50.4 Å². The number of hydrogen-bond donors (Lipinski definition) is 0. The summed E-state index contributed by atoms with van der Waals surface area (Å²) in [5.41, 5.74) is -1.16. The van der Waals surface area contributed by atoms with Gasteiger partial charge in [-0.3, -0.25) is 14.5 Å². The lowest BCUT2D eigenvalue weighted by Crippen LogP contribution is -2.62. The van der Waals surface area contributed by atoms with Gasteiger partial charge in [-0.1, -0.05) is 12.0 Å². The molecule has 1 amide bonds. The molecule has 318 valence electrons. The third kappa shape index (κ3) is 7.09. The van der Waals surface area contributed by atoms with Crippen LogP contribution in [0.1, 0.15) is 70.6 Å². The minimum Gasteiger partial charge on any atom is -0.468 e. The highest BCUT2D eigenvalue weighted by Crippen LogP contribution is 2.47. The minimum atomic E-state index is -4.78. The molecule has 0 saturated carbocycles. The number of amides is 1. The highest BCUT2D eigenvalue weighted by Gasteiger charge is 2.53. The summed E-state index contributed by atoms with van der Waals surface area (Å²) in [7, 11) is 1.46. The maximum Gasteiger partial charge on any atom is 0.522 e. The molecule has 12 nitrogen and oxygen atoms in total. The average Bonchev–Trinajstić information content (AvgIpc) is 3.80. The molecule has 2 bridgehead atoms. The molecule has 9 rings (SSSR count). The van der Waals surface area contributed by atoms with E-state index >= 15 is 8.78 Å². The largest absolute Gasteiger partial charge is 0.522 e. The lowest BCUT2D eigenvalue weighted by atomic mass is 9.94. The quantitative estimate of drug-likeness (QED) is 0.0999. The van der Waals surface area contributed by atoms with E-state index in [1.54, 1.807) is 6.07 Å². The molecule has 0 aliphatic carbocycles. The number of methoxy groups -OCH3 is 1. The van der Waals surface area contributed by atoms with Crippen molar-refractivity contribution in [1.29, 1.82) is 0 Å². The second-order valence-corrected chi connectivity index (χ2v) is 17.4. The van der Waals surface area contributed by atoms with Gasteiger partial charge in [-0.05, 0) is 95.8 Å². The molecule has 2 aromatic carbocycles. The molecule has 17 heteroatoms. The number of anilines is 1. The lowest BCUT2D eigenvalue weighted by Gasteiger charge is -2.47. The Labute approximate surface area is 343 Å². The van der Waals surface area contributed by atoms with E-state index < -0.39 is 41.3 Å². The lowest BCUT2D eigenvalue weighted by molar-refractivity contribution is -0.340. The zero-order valence-corrected chi connectivity index (χ0v) is 33.7. The summed E-state index contributed by atoms with van der Waals surface area (Å²) >= 11 is 0. The van der Waals surface area contributed by atoms with Crippen molar-refractivity contribution >= 4 is 33.6 Å². The Morgan fingerprint density at radius 3 is 2.58 bits per heavy atom. The summed E-state index contributed by atoms with van der Waals surface area (Å²) in [6, 6.07) is 5.05. The fourth-order valence-electron chi connectivity index (χ4n) is 10.2. The van der Waals surface area contributed by atoms with Crippen LogP contribution in [0.4, 0.5) is 32.6 Å². The normalized spacial score (nSPS) is 25.0. The van der Waals surface area contributed by atoms with Gasteiger partial charge in [-0.2, -0.15) is 9.97 Å². The Bertz CT molecular complexity index is 2420. The molecule has 5 atom stereocenters. The summed E-state index contributed by atoms with van der Waals surface area (Å²) in [4.78, 5) is 34.1. The highest BCUT2D eigenvalue weighted by atomic mass is 19.4. The number of alkyl halides is 3. The van der Waals surface area contributed by atoms with Crippen molar-refractivity contribution in [1.82, 2.24) is 24.8 Å². The summed E-state index contributed by atoms with van der Waals surface area (Å²) in [6.45, 7) is 6.34. The number of aromatic nitrogens is 3. The highest BCUT2D eigenvalue weighted by molar-refractivity contribution is 6.03. The minimum absolute atomic E-state index is 0.0580. The van der Waals surface area contributed by atoms with E-state index in [-0.39, 0.29) is 78.2 Å². The predicted molar refractivity (Wildman–Crippen MR) is 210 cm³/mol. The van der Waals surface area contributed by atoms with E-state index in [0.29, 0.717) is 66.8 Å². The van der Waals surface area contributed by atoms with Crippen molar-refractivity contribution in [2.24, 2.45) is 0 Å². The summed E-state index contributed by atoms with van der Waals surface area (Å²) in [6.07, 6.45) is 3.31. The number of carbonyl (C=O) groups excluding carboxylic acids is 1. The number of rotatable bonds is 8. The van der Waals surface area contributed by atoms with Gasteiger partial charge in [0.05, 0.1) is 46.4 Å². The molecule has 5 aliphatic rings. The van der Waals surface area contributed by atoms with Crippen LogP contribution in [0.2, 0.25) is 0 Å². The van der Waals surface area contributed by atoms with Gasteiger partial charge in [0.2, 0.25) is 0 Å². The van der Waals surface area contributed by atoms with Crippen LogP contribution in [0, 0.1) is 24.0 Å². The van der Waals surface area contributed by atoms with E-state index in [4.69, 9.17) is 35.3 Å². The van der Waals surface area contributed by atoms with Crippen LogP contribution >= 0.6 is 0 Å². The van der Waals surface area contributed by atoms with Gasteiger partial charge in [0, 0.05) is 31.1 Å². The number of pyridine rings is 1. The first kappa shape index (κ1) is 40.4. The number of terminal acetylenes is 1. The standard InChI is InChI=1S/C43H45F5N6O6/c1-6-27-29(44)10-8-23-16-25(58-22-56-5)17-28(33(23)27)36-35(45)37-34-30(49-36)11-13-31-32-12-9-24(54(32)40(55)60-41(2,3)4)19-53(31)38(34)51-39(50-37)57-21-42-14-7-15-52(42)20-26(18-42)59-43(46,47)48/h1,8,10,16-17,24,26,31-32H,7,9,11-15,18-22H2,2-5H3/t24-,26+,31-,32+,42?/m1/s1. The molecule has 0 spiro atoms. The zero-order chi connectivity index (χ0) is 42.3. The predicted octanol–water partition coefficient (Wildman–Crippen LogP) is 7.51. The monoisotopic (exact) mass is 836 g/mol. The van der Waals surface area contributed by atoms with Crippen LogP contribution < -0.4 is 14.4 Å². The Balaban J connectivity index is 1.19. The van der Waals surface area contributed by atoms with E-state index in [9.17, 15) is 18.0 Å². The van der Waals surface area contributed by atoms with Gasteiger partial charge < -0.3 is 23.8 Å². The van der Waals surface area contributed by atoms with Crippen LogP contribution in [0.25, 0.3) is 32.9 Å². The fraction of sp³-hybridized carbons (Fsp3) is 0.535. The number of fused-ring (bicyclic) bond motifs is 7. The van der Waals surface area contributed by atoms with Crippen LogP contribution in [-0.2, 0) is 20.6 Å². The molecule has 7 heterocycles. The van der Waals surface area contributed by atoms with Crippen LogP contribution in [0.5, 0.6) is 11.8 Å². The molecule has 0 N–H and O–H groups in total. The third-order valence-electron chi connectivity index (χ3n) is 12.5. The van der Waals surface area contributed by atoms with Gasteiger partial charge >= 0.3 is 18.5 Å². The second-order valence-electron chi connectivity index (χ2n) is 17.4. The number of ether oxygens (including phenoxy) is 5. The van der Waals surface area contributed by atoms with Crippen LogP contribution in [0.15, 0.2) is 24.3 Å². The summed E-state index contributed by atoms with van der Waals surface area (Å²) in [5.74, 6) is 1.60. The van der Waals surface area contributed by atoms with Crippen molar-refractivity contribution in [3.05, 3.63) is 47.2 Å². The number of hydrogen-bond acceptors (Lipinski definition) is 11. The maximum absolute atomic E-state index is 17.7. The first-order valence-corrected chi connectivity index (χ1v) is 20.2. The van der Waals surface area contributed by atoms with Crippen LogP contribution in [0.3, 0.4) is 0 Å². The third-order valence-corrected chi connectivity index (χ3v) is 12.5. The Kier molecular flexibility index (Phi) is 9.98. The molecule has 60 heavy (non-hydrogen) atoms. The van der Waals surface area contributed by atoms with E-state index in [2.05, 4.69) is 20.5 Å². The topological polar surface area (TPSA) is 112 Å². The van der Waals surface area contributed by atoms with Crippen molar-refractivity contribution in [3.63, 3.8) is 0 Å². The van der Waals surface area contributed by atoms with Crippen molar-refractivity contribution in [2.75, 3.05) is 45.0 Å². The van der Waals surface area contributed by atoms with Crippen LogP contribution in [-0.4, -0.2) is 113 Å². The van der Waals surface area contributed by atoms with E-state index in [0.717, 1.165) is 12.8 Å². The Hall–Kier alpha value is -5.05. The second kappa shape index (κ2) is 14.8. The summed E-state index contributed by atoms with van der Waals surface area (Å²) in [5, 5.41) is 1.10. The molecule has 4 saturated heterocycles. The Morgan fingerprint density at radius 1 is 1.02 bits per heavy atom. The molecule has 4 aromatic rings. The van der Waals surface area contributed by atoms with E-state index in [1.807, 2.05) is 30.6 Å². The van der Waals surface area contributed by atoms with Gasteiger partial charge in [0.15, 0.2) is 12.6 Å². The van der Waals surface area contributed by atoms with Gasteiger partial charge in [-0.15, -0.1) is 19.6 Å². The van der Waals surface area contributed by atoms with Gasteiger partial charge in [-0.25, -0.2) is 18.6 Å². The number of nitrogens with zero attached hydrogens (tertiary/aromatic N) is 6. The Morgan fingerprint density at radius 2 is 1.83 bits per heavy atom. The number of aryl methyl sites for hydroxylation is 1. The van der Waals surface area contributed by atoms with Gasteiger partial charge in [0.1, 0.15) is 40.8 Å². The maximum atomic E-state index is 17.7. The number of piperazine rings is 1. The van der Waals surface area contributed by atoms with Crippen molar-refractivity contribution in [2.45, 2.75) is 107 Å². The first-order chi connectivity index (χ1) is 28.6. The zero-order valence-electron chi connectivity index (χ0n) is 33.7.